The zero-order valence-electron chi connectivity index (χ0n) is 8.46. The lowest BCUT2D eigenvalue weighted by molar-refractivity contribution is 0.402. The van der Waals surface area contributed by atoms with E-state index in [2.05, 4.69) is 43.3 Å². The standard InChI is InChI=1S/C12H17N/c1-13(2)9-10-4-3-5-12(8-10)11-6-7-11/h3-5,8,11H,6-7,9H2,1-2H3. The van der Waals surface area contributed by atoms with E-state index >= 15 is 0 Å². The molecule has 2 rings (SSSR count). The van der Waals surface area contributed by atoms with Gasteiger partial charge in [0.25, 0.3) is 0 Å². The van der Waals surface area contributed by atoms with Crippen LogP contribution in [0.3, 0.4) is 0 Å². The van der Waals surface area contributed by atoms with Crippen molar-refractivity contribution >= 4 is 0 Å². The van der Waals surface area contributed by atoms with Crippen LogP contribution < -0.4 is 0 Å². The van der Waals surface area contributed by atoms with Gasteiger partial charge in [0.15, 0.2) is 0 Å². The fourth-order valence-corrected chi connectivity index (χ4v) is 1.73. The molecule has 0 N–H and O–H groups in total. The van der Waals surface area contributed by atoms with Crippen molar-refractivity contribution in [1.82, 2.24) is 4.90 Å². The fraction of sp³-hybridized carbons (Fsp3) is 0.500. The third-order valence-corrected chi connectivity index (χ3v) is 2.50. The van der Waals surface area contributed by atoms with Gasteiger partial charge in [0.2, 0.25) is 0 Å². The van der Waals surface area contributed by atoms with Crippen molar-refractivity contribution in [3.8, 4) is 0 Å². The van der Waals surface area contributed by atoms with Crippen LogP contribution in [0.25, 0.3) is 0 Å². The quantitative estimate of drug-likeness (QED) is 0.682. The Morgan fingerprint density at radius 3 is 2.69 bits per heavy atom. The number of rotatable bonds is 3. The minimum atomic E-state index is 0.877. The molecule has 1 fully saturated rings. The number of hydrogen-bond acceptors (Lipinski definition) is 1. The van der Waals surface area contributed by atoms with Gasteiger partial charge >= 0.3 is 0 Å². The zero-order valence-corrected chi connectivity index (χ0v) is 8.46. The largest absolute Gasteiger partial charge is 0.305 e. The Hall–Kier alpha value is -0.820. The number of benzene rings is 1. The summed E-state index contributed by atoms with van der Waals surface area (Å²) in [4.78, 5) is 2.21. The fourth-order valence-electron chi connectivity index (χ4n) is 1.73. The molecular formula is C12H17N. The van der Waals surface area contributed by atoms with Crippen LogP contribution in [0, 0.1) is 0 Å². The lowest BCUT2D eigenvalue weighted by atomic mass is 10.1. The van der Waals surface area contributed by atoms with Gasteiger partial charge in [-0.1, -0.05) is 24.3 Å². The summed E-state index contributed by atoms with van der Waals surface area (Å²) >= 11 is 0. The summed E-state index contributed by atoms with van der Waals surface area (Å²) in [5, 5.41) is 0. The molecule has 1 aromatic rings. The van der Waals surface area contributed by atoms with Crippen LogP contribution in [0.5, 0.6) is 0 Å². The minimum absolute atomic E-state index is 0.877. The summed E-state index contributed by atoms with van der Waals surface area (Å²) < 4.78 is 0. The Morgan fingerprint density at radius 2 is 2.08 bits per heavy atom. The molecule has 0 aromatic heterocycles. The third kappa shape index (κ3) is 2.31. The van der Waals surface area contributed by atoms with E-state index in [1.807, 2.05) is 0 Å². The van der Waals surface area contributed by atoms with E-state index in [4.69, 9.17) is 0 Å². The third-order valence-electron chi connectivity index (χ3n) is 2.50. The second kappa shape index (κ2) is 3.51. The van der Waals surface area contributed by atoms with Gasteiger partial charge < -0.3 is 4.90 Å². The second-order valence-corrected chi connectivity index (χ2v) is 4.26. The molecule has 13 heavy (non-hydrogen) atoms. The zero-order chi connectivity index (χ0) is 9.26. The van der Waals surface area contributed by atoms with Crippen molar-refractivity contribution < 1.29 is 0 Å². The van der Waals surface area contributed by atoms with E-state index < -0.39 is 0 Å². The maximum atomic E-state index is 2.36. The van der Waals surface area contributed by atoms with Gasteiger partial charge in [-0.15, -0.1) is 0 Å². The van der Waals surface area contributed by atoms with Gasteiger partial charge in [0.05, 0.1) is 0 Å². The Morgan fingerprint density at radius 1 is 1.31 bits per heavy atom. The predicted molar refractivity (Wildman–Crippen MR) is 55.8 cm³/mol. The summed E-state index contributed by atoms with van der Waals surface area (Å²) in [7, 11) is 4.23. The molecule has 0 atom stereocenters. The van der Waals surface area contributed by atoms with E-state index in [0.29, 0.717) is 0 Å². The van der Waals surface area contributed by atoms with Gasteiger partial charge in [-0.2, -0.15) is 0 Å². The lowest BCUT2D eigenvalue weighted by Gasteiger charge is -2.10. The molecule has 0 spiro atoms. The predicted octanol–water partition coefficient (Wildman–Crippen LogP) is 2.63. The Labute approximate surface area is 80.4 Å². The first-order valence-corrected chi connectivity index (χ1v) is 4.99. The van der Waals surface area contributed by atoms with Crippen LogP contribution in [-0.4, -0.2) is 19.0 Å². The maximum absolute atomic E-state index is 2.36. The minimum Gasteiger partial charge on any atom is -0.305 e. The summed E-state index contributed by atoms with van der Waals surface area (Å²) in [6, 6.07) is 9.02. The highest BCUT2D eigenvalue weighted by atomic mass is 15.0. The monoisotopic (exact) mass is 175 g/mol. The van der Waals surface area contributed by atoms with Crippen molar-refractivity contribution in [2.45, 2.75) is 25.3 Å². The molecule has 0 radical (unpaired) electrons. The molecule has 0 saturated heterocycles. The first-order chi connectivity index (χ1) is 6.25. The topological polar surface area (TPSA) is 3.24 Å². The molecule has 0 bridgehead atoms. The highest BCUT2D eigenvalue weighted by molar-refractivity contribution is 5.28. The van der Waals surface area contributed by atoms with Crippen molar-refractivity contribution in [1.29, 1.82) is 0 Å². The van der Waals surface area contributed by atoms with E-state index in [9.17, 15) is 0 Å². The number of hydrogen-bond donors (Lipinski definition) is 0. The highest BCUT2D eigenvalue weighted by Crippen LogP contribution is 2.40. The summed E-state index contributed by atoms with van der Waals surface area (Å²) in [6.45, 7) is 1.06. The molecule has 0 amide bonds. The van der Waals surface area contributed by atoms with Crippen LogP contribution in [-0.2, 0) is 6.54 Å². The van der Waals surface area contributed by atoms with Crippen LogP contribution in [0.4, 0.5) is 0 Å². The average Bonchev–Trinajstić information content (AvgIpc) is 2.85. The molecule has 1 aliphatic carbocycles. The molecule has 0 unspecified atom stereocenters. The summed E-state index contributed by atoms with van der Waals surface area (Å²) in [5.41, 5.74) is 2.98. The van der Waals surface area contributed by atoms with Crippen LogP contribution in [0.1, 0.15) is 29.9 Å². The molecule has 1 aliphatic rings. The maximum Gasteiger partial charge on any atom is 0.0227 e. The van der Waals surface area contributed by atoms with E-state index in [1.165, 1.54) is 18.4 Å². The summed E-state index contributed by atoms with van der Waals surface area (Å²) in [6.07, 6.45) is 2.79. The van der Waals surface area contributed by atoms with Gasteiger partial charge in [0.1, 0.15) is 0 Å². The Balaban J connectivity index is 2.12. The van der Waals surface area contributed by atoms with Gasteiger partial charge in [-0.05, 0) is 44.0 Å². The van der Waals surface area contributed by atoms with E-state index in [-0.39, 0.29) is 0 Å². The average molecular weight is 175 g/mol. The van der Waals surface area contributed by atoms with Crippen molar-refractivity contribution in [2.75, 3.05) is 14.1 Å². The first-order valence-electron chi connectivity index (χ1n) is 4.99. The van der Waals surface area contributed by atoms with Gasteiger partial charge in [-0.3, -0.25) is 0 Å². The van der Waals surface area contributed by atoms with Crippen LogP contribution in [0.2, 0.25) is 0 Å². The molecular weight excluding hydrogens is 158 g/mol. The van der Waals surface area contributed by atoms with Crippen molar-refractivity contribution in [3.05, 3.63) is 35.4 Å². The Kier molecular flexibility index (Phi) is 2.36. The normalized spacial score (nSPS) is 16.5. The molecule has 70 valence electrons. The molecule has 1 nitrogen and oxygen atoms in total. The van der Waals surface area contributed by atoms with E-state index in [0.717, 1.165) is 12.5 Å². The molecule has 1 heteroatoms. The number of nitrogens with zero attached hydrogens (tertiary/aromatic N) is 1. The molecule has 1 saturated carbocycles. The highest BCUT2D eigenvalue weighted by Gasteiger charge is 2.23. The van der Waals surface area contributed by atoms with Crippen LogP contribution in [0.15, 0.2) is 24.3 Å². The van der Waals surface area contributed by atoms with Gasteiger partial charge in [0, 0.05) is 6.54 Å². The van der Waals surface area contributed by atoms with E-state index in [1.54, 1.807) is 5.56 Å². The second-order valence-electron chi connectivity index (χ2n) is 4.26. The molecule has 0 heterocycles. The lowest BCUT2D eigenvalue weighted by Crippen LogP contribution is -2.10. The van der Waals surface area contributed by atoms with Crippen molar-refractivity contribution in [3.63, 3.8) is 0 Å². The SMILES string of the molecule is CN(C)Cc1cccc(C2CC2)c1. The first kappa shape index (κ1) is 8.76. The van der Waals surface area contributed by atoms with Crippen LogP contribution >= 0.6 is 0 Å². The molecule has 1 aromatic carbocycles. The van der Waals surface area contributed by atoms with Crippen molar-refractivity contribution in [2.24, 2.45) is 0 Å². The molecule has 0 aliphatic heterocycles. The summed E-state index contributed by atoms with van der Waals surface area (Å²) in [5.74, 6) is 0.877. The smallest absolute Gasteiger partial charge is 0.0227 e. The van der Waals surface area contributed by atoms with Gasteiger partial charge in [-0.25, -0.2) is 0 Å². The Bertz CT molecular complexity index is 287.